The second kappa shape index (κ2) is 6.67. The molecule has 1 aliphatic heterocycles. The number of benzene rings is 2. The Bertz CT molecular complexity index is 670. The van der Waals surface area contributed by atoms with Crippen molar-refractivity contribution in [3.05, 3.63) is 65.2 Å². The highest BCUT2D eigenvalue weighted by Gasteiger charge is 2.26. The van der Waals surface area contributed by atoms with E-state index in [9.17, 15) is 8.78 Å². The second-order valence-electron chi connectivity index (χ2n) is 6.29. The number of hydrogen-bond acceptors (Lipinski definition) is 2. The number of anilines is 1. The normalized spacial score (nSPS) is 21.5. The molecule has 2 aromatic carbocycles. The zero-order valence-corrected chi connectivity index (χ0v) is 13.3. The van der Waals surface area contributed by atoms with E-state index in [-0.39, 0.29) is 6.04 Å². The lowest BCUT2D eigenvalue weighted by Crippen LogP contribution is -2.46. The summed E-state index contributed by atoms with van der Waals surface area (Å²) >= 11 is 0. The van der Waals surface area contributed by atoms with Crippen molar-refractivity contribution in [1.82, 2.24) is 0 Å². The van der Waals surface area contributed by atoms with Crippen molar-refractivity contribution in [1.29, 1.82) is 0 Å². The fourth-order valence-corrected chi connectivity index (χ4v) is 3.30. The number of halogens is 2. The minimum Gasteiger partial charge on any atom is -0.369 e. The molecule has 1 fully saturated rings. The third-order valence-corrected chi connectivity index (χ3v) is 4.61. The van der Waals surface area contributed by atoms with Crippen molar-refractivity contribution < 1.29 is 8.78 Å². The predicted octanol–water partition coefficient (Wildman–Crippen LogP) is 3.85. The van der Waals surface area contributed by atoms with Crippen LogP contribution in [0.2, 0.25) is 0 Å². The van der Waals surface area contributed by atoms with Gasteiger partial charge in [0, 0.05) is 36.8 Å². The van der Waals surface area contributed by atoms with Crippen LogP contribution in [-0.2, 0) is 6.42 Å². The lowest BCUT2D eigenvalue weighted by molar-refractivity contribution is 0.452. The first-order valence-electron chi connectivity index (χ1n) is 8.11. The van der Waals surface area contributed by atoms with Gasteiger partial charge in [-0.05, 0) is 36.1 Å². The van der Waals surface area contributed by atoms with Gasteiger partial charge in [0.15, 0.2) is 11.6 Å². The van der Waals surface area contributed by atoms with Crippen LogP contribution in [0.5, 0.6) is 0 Å². The third-order valence-electron chi connectivity index (χ3n) is 4.61. The monoisotopic (exact) mass is 316 g/mol. The molecule has 2 atom stereocenters. The first-order valence-corrected chi connectivity index (χ1v) is 8.11. The van der Waals surface area contributed by atoms with E-state index in [0.717, 1.165) is 19.4 Å². The first-order chi connectivity index (χ1) is 11.1. The predicted molar refractivity (Wildman–Crippen MR) is 89.7 cm³/mol. The summed E-state index contributed by atoms with van der Waals surface area (Å²) in [7, 11) is 0. The molecule has 1 saturated heterocycles. The first kappa shape index (κ1) is 15.9. The van der Waals surface area contributed by atoms with E-state index in [1.165, 1.54) is 23.3 Å². The molecule has 23 heavy (non-hydrogen) atoms. The van der Waals surface area contributed by atoms with E-state index >= 15 is 0 Å². The van der Waals surface area contributed by atoms with Gasteiger partial charge < -0.3 is 10.6 Å². The third kappa shape index (κ3) is 3.53. The van der Waals surface area contributed by atoms with Crippen molar-refractivity contribution in [2.75, 3.05) is 18.0 Å². The van der Waals surface area contributed by atoms with E-state index in [1.807, 2.05) is 0 Å². The minimum absolute atomic E-state index is 0.0210. The van der Waals surface area contributed by atoms with Crippen LogP contribution in [0.25, 0.3) is 0 Å². The standard InChI is InChI=1S/C19H22F2N2/c1-2-13-3-5-14(6-4-13)15-9-16(22)12-23(11-15)17-7-8-18(20)19(21)10-17/h3-8,10,15-16H,2,9,11-12,22H2,1H3. The fourth-order valence-electron chi connectivity index (χ4n) is 3.30. The average molecular weight is 316 g/mol. The van der Waals surface area contributed by atoms with Crippen LogP contribution in [0.15, 0.2) is 42.5 Å². The molecule has 2 N–H and O–H groups in total. The molecule has 3 rings (SSSR count). The fraction of sp³-hybridized carbons (Fsp3) is 0.368. The lowest BCUT2D eigenvalue weighted by Gasteiger charge is -2.38. The van der Waals surface area contributed by atoms with Crippen LogP contribution < -0.4 is 10.6 Å². The van der Waals surface area contributed by atoms with Gasteiger partial charge in [0.05, 0.1) is 0 Å². The van der Waals surface area contributed by atoms with E-state index in [4.69, 9.17) is 5.73 Å². The van der Waals surface area contributed by atoms with Crippen molar-refractivity contribution >= 4 is 5.69 Å². The molecule has 2 aromatic rings. The maximum absolute atomic E-state index is 13.5. The summed E-state index contributed by atoms with van der Waals surface area (Å²) in [6, 6.07) is 12.7. The van der Waals surface area contributed by atoms with Crippen molar-refractivity contribution in [2.24, 2.45) is 5.73 Å². The zero-order chi connectivity index (χ0) is 16.4. The highest BCUT2D eigenvalue weighted by molar-refractivity contribution is 5.48. The number of piperidine rings is 1. The van der Waals surface area contributed by atoms with Gasteiger partial charge in [-0.3, -0.25) is 0 Å². The van der Waals surface area contributed by atoms with Gasteiger partial charge in [-0.25, -0.2) is 8.78 Å². The van der Waals surface area contributed by atoms with Gasteiger partial charge in [-0.1, -0.05) is 31.2 Å². The Morgan fingerprint density at radius 3 is 2.43 bits per heavy atom. The Hall–Kier alpha value is -1.94. The number of rotatable bonds is 3. The van der Waals surface area contributed by atoms with Crippen molar-refractivity contribution in [2.45, 2.75) is 31.7 Å². The Morgan fingerprint density at radius 1 is 1.04 bits per heavy atom. The van der Waals surface area contributed by atoms with Crippen LogP contribution in [0.1, 0.15) is 30.4 Å². The second-order valence-corrected chi connectivity index (χ2v) is 6.29. The summed E-state index contributed by atoms with van der Waals surface area (Å²) in [5, 5.41) is 0. The highest BCUT2D eigenvalue weighted by atomic mass is 19.2. The molecule has 0 radical (unpaired) electrons. The molecule has 4 heteroatoms. The Kier molecular flexibility index (Phi) is 4.62. The van der Waals surface area contributed by atoms with Crippen LogP contribution >= 0.6 is 0 Å². The van der Waals surface area contributed by atoms with Gasteiger partial charge in [0.1, 0.15) is 0 Å². The topological polar surface area (TPSA) is 29.3 Å². The van der Waals surface area contributed by atoms with E-state index in [2.05, 4.69) is 36.1 Å². The SMILES string of the molecule is CCc1ccc(C2CC(N)CN(c3ccc(F)c(F)c3)C2)cc1. The van der Waals surface area contributed by atoms with E-state index < -0.39 is 11.6 Å². The highest BCUT2D eigenvalue weighted by Crippen LogP contribution is 2.30. The Balaban J connectivity index is 1.81. The molecular weight excluding hydrogens is 294 g/mol. The van der Waals surface area contributed by atoms with Gasteiger partial charge in [-0.15, -0.1) is 0 Å². The lowest BCUT2D eigenvalue weighted by atomic mass is 9.87. The van der Waals surface area contributed by atoms with Crippen LogP contribution in [0.3, 0.4) is 0 Å². The van der Waals surface area contributed by atoms with Crippen LogP contribution in [-0.4, -0.2) is 19.1 Å². The summed E-state index contributed by atoms with van der Waals surface area (Å²) in [6.45, 7) is 3.56. The molecule has 0 bridgehead atoms. The number of hydrogen-bond donors (Lipinski definition) is 1. The number of nitrogens with two attached hydrogens (primary N) is 1. The molecule has 122 valence electrons. The summed E-state index contributed by atoms with van der Waals surface area (Å²) < 4.78 is 26.6. The van der Waals surface area contributed by atoms with Gasteiger partial charge in [0.2, 0.25) is 0 Å². The largest absolute Gasteiger partial charge is 0.369 e. The van der Waals surface area contributed by atoms with E-state index in [1.54, 1.807) is 6.07 Å². The molecule has 0 amide bonds. The zero-order valence-electron chi connectivity index (χ0n) is 13.3. The molecule has 0 saturated carbocycles. The van der Waals surface area contributed by atoms with Gasteiger partial charge >= 0.3 is 0 Å². The van der Waals surface area contributed by atoms with E-state index in [0.29, 0.717) is 18.2 Å². The molecular formula is C19H22F2N2. The summed E-state index contributed by atoms with van der Waals surface area (Å²) in [5.74, 6) is -1.33. The molecule has 1 aliphatic rings. The maximum atomic E-state index is 13.5. The van der Waals surface area contributed by atoms with Gasteiger partial charge in [-0.2, -0.15) is 0 Å². The summed E-state index contributed by atoms with van der Waals surface area (Å²) in [5.41, 5.74) is 9.46. The quantitative estimate of drug-likeness (QED) is 0.932. The maximum Gasteiger partial charge on any atom is 0.160 e. The minimum atomic E-state index is -0.818. The van der Waals surface area contributed by atoms with Crippen LogP contribution in [0, 0.1) is 11.6 Å². The van der Waals surface area contributed by atoms with Crippen molar-refractivity contribution in [3.63, 3.8) is 0 Å². The average Bonchev–Trinajstić information content (AvgIpc) is 2.57. The smallest absolute Gasteiger partial charge is 0.160 e. The van der Waals surface area contributed by atoms with Crippen LogP contribution in [0.4, 0.5) is 14.5 Å². The Morgan fingerprint density at radius 2 is 1.78 bits per heavy atom. The van der Waals surface area contributed by atoms with Crippen molar-refractivity contribution in [3.8, 4) is 0 Å². The molecule has 0 spiro atoms. The Labute approximate surface area is 135 Å². The molecule has 0 aromatic heterocycles. The van der Waals surface area contributed by atoms with Gasteiger partial charge in [0.25, 0.3) is 0 Å². The number of aryl methyl sites for hydroxylation is 1. The summed E-state index contributed by atoms with van der Waals surface area (Å²) in [4.78, 5) is 2.05. The molecule has 2 unspecified atom stereocenters. The molecule has 2 nitrogen and oxygen atoms in total. The molecule has 1 heterocycles. The summed E-state index contributed by atoms with van der Waals surface area (Å²) in [6.07, 6.45) is 1.93. The molecule has 0 aliphatic carbocycles. The number of nitrogens with zero attached hydrogens (tertiary/aromatic N) is 1.